The van der Waals surface area contributed by atoms with Crippen LogP contribution in [0.1, 0.15) is 43.0 Å². The summed E-state index contributed by atoms with van der Waals surface area (Å²) < 4.78 is 6.50. The van der Waals surface area contributed by atoms with E-state index in [9.17, 15) is 4.79 Å². The predicted octanol–water partition coefficient (Wildman–Crippen LogP) is 6.97. The molecule has 0 aliphatic rings. The Hall–Kier alpha value is -1.23. The molecule has 0 atom stereocenters. The van der Waals surface area contributed by atoms with Crippen molar-refractivity contribution >= 4 is 50.7 Å². The average Bonchev–Trinajstić information content (AvgIpc) is 2.58. The van der Waals surface area contributed by atoms with Gasteiger partial charge in [-0.25, -0.2) is 0 Å². The first-order chi connectivity index (χ1) is 12.0. The van der Waals surface area contributed by atoms with Gasteiger partial charge in [0.2, 0.25) is 0 Å². The van der Waals surface area contributed by atoms with Gasteiger partial charge < -0.3 is 10.1 Å². The van der Waals surface area contributed by atoms with Gasteiger partial charge in [-0.2, -0.15) is 0 Å². The van der Waals surface area contributed by atoms with Crippen LogP contribution in [0.5, 0.6) is 5.75 Å². The molecule has 1 N–H and O–H groups in total. The molecular formula is C19H20BrCl2NO2. The molecule has 0 aromatic heterocycles. The normalized spacial score (nSPS) is 10.6. The Kier molecular flexibility index (Phi) is 8.07. The van der Waals surface area contributed by atoms with E-state index < -0.39 is 0 Å². The van der Waals surface area contributed by atoms with Crippen LogP contribution in [0.3, 0.4) is 0 Å². The maximum atomic E-state index is 12.4. The van der Waals surface area contributed by atoms with Gasteiger partial charge in [-0.15, -0.1) is 0 Å². The fourth-order valence-corrected chi connectivity index (χ4v) is 3.20. The maximum absolute atomic E-state index is 12.4. The molecule has 2 aromatic carbocycles. The largest absolute Gasteiger partial charge is 0.492 e. The number of anilines is 1. The first-order valence-electron chi connectivity index (χ1n) is 8.20. The molecule has 0 saturated carbocycles. The van der Waals surface area contributed by atoms with Gasteiger partial charge in [-0.05, 0) is 58.7 Å². The molecule has 1 amide bonds. The van der Waals surface area contributed by atoms with E-state index in [0.717, 1.165) is 23.1 Å². The van der Waals surface area contributed by atoms with Crippen LogP contribution in [0, 0.1) is 0 Å². The lowest BCUT2D eigenvalue weighted by Gasteiger charge is -2.11. The van der Waals surface area contributed by atoms with Gasteiger partial charge in [0.05, 0.1) is 21.8 Å². The number of benzene rings is 2. The van der Waals surface area contributed by atoms with Gasteiger partial charge in [0, 0.05) is 10.6 Å². The number of amides is 1. The lowest BCUT2D eigenvalue weighted by Crippen LogP contribution is -2.12. The predicted molar refractivity (Wildman–Crippen MR) is 108 cm³/mol. The summed E-state index contributed by atoms with van der Waals surface area (Å²) in [5, 5.41) is 3.69. The van der Waals surface area contributed by atoms with Crippen molar-refractivity contribution in [3.05, 3.63) is 56.5 Å². The highest BCUT2D eigenvalue weighted by molar-refractivity contribution is 9.10. The monoisotopic (exact) mass is 443 g/mol. The van der Waals surface area contributed by atoms with Crippen LogP contribution in [0.4, 0.5) is 5.69 Å². The highest BCUT2D eigenvalue weighted by atomic mass is 79.9. The highest BCUT2D eigenvalue weighted by Crippen LogP contribution is 2.28. The van der Waals surface area contributed by atoms with E-state index in [1.807, 2.05) is 0 Å². The minimum Gasteiger partial charge on any atom is -0.492 e. The number of carbonyl (C=O) groups is 1. The average molecular weight is 445 g/mol. The van der Waals surface area contributed by atoms with E-state index in [4.69, 9.17) is 27.9 Å². The van der Waals surface area contributed by atoms with Crippen molar-refractivity contribution in [1.29, 1.82) is 0 Å². The van der Waals surface area contributed by atoms with E-state index in [1.54, 1.807) is 36.4 Å². The van der Waals surface area contributed by atoms with Crippen LogP contribution in [0.2, 0.25) is 10.0 Å². The maximum Gasteiger partial charge on any atom is 0.255 e. The summed E-state index contributed by atoms with van der Waals surface area (Å²) in [4.78, 5) is 12.4. The van der Waals surface area contributed by atoms with Crippen LogP contribution in [0.15, 0.2) is 40.9 Å². The second-order valence-electron chi connectivity index (χ2n) is 5.63. The molecule has 25 heavy (non-hydrogen) atoms. The number of unbranched alkanes of at least 4 members (excludes halogenated alkanes) is 3. The van der Waals surface area contributed by atoms with E-state index in [2.05, 4.69) is 28.2 Å². The Balaban J connectivity index is 1.97. The van der Waals surface area contributed by atoms with Gasteiger partial charge in [-0.3, -0.25) is 4.79 Å². The molecule has 0 saturated heterocycles. The number of hydrogen-bond donors (Lipinski definition) is 1. The molecule has 0 aliphatic heterocycles. The Morgan fingerprint density at radius 1 is 1.12 bits per heavy atom. The zero-order valence-electron chi connectivity index (χ0n) is 14.0. The SMILES string of the molecule is CCCCCCOc1ccc(C(=O)Nc2ccc(Cl)cc2Cl)cc1Br. The van der Waals surface area contributed by atoms with Gasteiger partial charge in [0.1, 0.15) is 5.75 Å². The molecule has 134 valence electrons. The minimum absolute atomic E-state index is 0.251. The van der Waals surface area contributed by atoms with Gasteiger partial charge >= 0.3 is 0 Å². The summed E-state index contributed by atoms with van der Waals surface area (Å²) in [6.45, 7) is 2.85. The molecule has 2 aromatic rings. The molecule has 0 radical (unpaired) electrons. The molecule has 2 rings (SSSR count). The van der Waals surface area contributed by atoms with Crippen molar-refractivity contribution in [2.24, 2.45) is 0 Å². The standard InChI is InChI=1S/C19H20BrCl2NO2/c1-2-3-4-5-10-25-18-9-6-13(11-15(18)20)19(24)23-17-8-7-14(21)12-16(17)22/h6-9,11-12H,2-5,10H2,1H3,(H,23,24). The van der Waals surface area contributed by atoms with Crippen molar-refractivity contribution in [1.82, 2.24) is 0 Å². The van der Waals surface area contributed by atoms with Crippen LogP contribution in [0.25, 0.3) is 0 Å². The number of rotatable bonds is 8. The Morgan fingerprint density at radius 2 is 1.92 bits per heavy atom. The zero-order chi connectivity index (χ0) is 18.2. The van der Waals surface area contributed by atoms with E-state index in [-0.39, 0.29) is 5.91 Å². The number of nitrogens with one attached hydrogen (secondary N) is 1. The van der Waals surface area contributed by atoms with Crippen LogP contribution < -0.4 is 10.1 Å². The van der Waals surface area contributed by atoms with Crippen molar-refractivity contribution < 1.29 is 9.53 Å². The second kappa shape index (κ2) is 10.0. The summed E-state index contributed by atoms with van der Waals surface area (Å²) in [6.07, 6.45) is 4.61. The molecule has 0 aliphatic carbocycles. The molecule has 0 bridgehead atoms. The van der Waals surface area contributed by atoms with Crippen LogP contribution in [-0.4, -0.2) is 12.5 Å². The van der Waals surface area contributed by atoms with E-state index in [0.29, 0.717) is 27.9 Å². The number of halogens is 3. The van der Waals surface area contributed by atoms with Crippen molar-refractivity contribution in [3.63, 3.8) is 0 Å². The molecule has 0 fully saturated rings. The van der Waals surface area contributed by atoms with Gasteiger partial charge in [0.25, 0.3) is 5.91 Å². The topological polar surface area (TPSA) is 38.3 Å². The third-order valence-electron chi connectivity index (χ3n) is 3.63. The molecule has 0 heterocycles. The Labute approximate surface area is 166 Å². The van der Waals surface area contributed by atoms with Crippen molar-refractivity contribution in [3.8, 4) is 5.75 Å². The van der Waals surface area contributed by atoms with Crippen LogP contribution in [-0.2, 0) is 0 Å². The smallest absolute Gasteiger partial charge is 0.255 e. The summed E-state index contributed by atoms with van der Waals surface area (Å²) in [6, 6.07) is 10.2. The number of hydrogen-bond acceptors (Lipinski definition) is 2. The fourth-order valence-electron chi connectivity index (χ4n) is 2.26. The van der Waals surface area contributed by atoms with Crippen molar-refractivity contribution in [2.45, 2.75) is 32.6 Å². The van der Waals surface area contributed by atoms with Crippen molar-refractivity contribution in [2.75, 3.05) is 11.9 Å². The first-order valence-corrected chi connectivity index (χ1v) is 9.75. The second-order valence-corrected chi connectivity index (χ2v) is 7.33. The Morgan fingerprint density at radius 3 is 2.60 bits per heavy atom. The molecule has 0 spiro atoms. The van der Waals surface area contributed by atoms with Crippen LogP contribution >= 0.6 is 39.1 Å². The summed E-state index contributed by atoms with van der Waals surface area (Å²) in [5.74, 6) is 0.483. The third-order valence-corrected chi connectivity index (χ3v) is 4.80. The Bertz CT molecular complexity index is 737. The lowest BCUT2D eigenvalue weighted by molar-refractivity contribution is 0.102. The van der Waals surface area contributed by atoms with Gasteiger partial charge in [-0.1, -0.05) is 49.4 Å². The van der Waals surface area contributed by atoms with E-state index in [1.165, 1.54) is 12.8 Å². The molecule has 0 unspecified atom stereocenters. The number of ether oxygens (including phenoxy) is 1. The molecule has 3 nitrogen and oxygen atoms in total. The fraction of sp³-hybridized carbons (Fsp3) is 0.316. The third kappa shape index (κ3) is 6.21. The molecular weight excluding hydrogens is 425 g/mol. The summed E-state index contributed by atoms with van der Waals surface area (Å²) in [7, 11) is 0. The van der Waals surface area contributed by atoms with E-state index >= 15 is 0 Å². The summed E-state index contributed by atoms with van der Waals surface area (Å²) >= 11 is 15.4. The highest BCUT2D eigenvalue weighted by Gasteiger charge is 2.11. The lowest BCUT2D eigenvalue weighted by atomic mass is 10.2. The number of carbonyl (C=O) groups excluding carboxylic acids is 1. The quantitative estimate of drug-likeness (QED) is 0.446. The minimum atomic E-state index is -0.251. The molecule has 6 heteroatoms. The van der Waals surface area contributed by atoms with Gasteiger partial charge in [0.15, 0.2) is 0 Å². The summed E-state index contributed by atoms with van der Waals surface area (Å²) in [5.41, 5.74) is 1.03. The first kappa shape index (κ1) is 20.1. The zero-order valence-corrected chi connectivity index (χ0v) is 17.0.